The number of carbonyl (C=O) groups excluding carboxylic acids is 1. The molecule has 2 fully saturated rings. The predicted octanol–water partition coefficient (Wildman–Crippen LogP) is 1.90. The zero-order valence-electron chi connectivity index (χ0n) is 12.6. The molecule has 0 saturated carbocycles. The van der Waals surface area contributed by atoms with Crippen LogP contribution in [0.3, 0.4) is 0 Å². The fourth-order valence-electron chi connectivity index (χ4n) is 3.25. The Morgan fingerprint density at radius 2 is 2.05 bits per heavy atom. The SMILES string of the molecule is CCCN1CCCC1C(=O)N1CCC(C)(CN)C1.Cl.Cl. The zero-order chi connectivity index (χ0) is 13.2. The quantitative estimate of drug-likeness (QED) is 0.858. The van der Waals surface area contributed by atoms with Crippen LogP contribution in [0, 0.1) is 5.41 Å². The van der Waals surface area contributed by atoms with Crippen LogP contribution in [0.2, 0.25) is 0 Å². The van der Waals surface area contributed by atoms with Crippen molar-refractivity contribution in [2.75, 3.05) is 32.7 Å². The zero-order valence-corrected chi connectivity index (χ0v) is 14.3. The standard InChI is InChI=1S/C14H27N3O.2ClH/c1-3-7-16-8-4-5-12(16)13(18)17-9-6-14(2,10-15)11-17;;/h12H,3-11,15H2,1-2H3;2*1H. The maximum atomic E-state index is 12.6. The molecule has 0 radical (unpaired) electrons. The van der Waals surface area contributed by atoms with Gasteiger partial charge in [-0.15, -0.1) is 24.8 Å². The van der Waals surface area contributed by atoms with Gasteiger partial charge in [0.15, 0.2) is 0 Å². The minimum atomic E-state index is 0. The van der Waals surface area contributed by atoms with Crippen LogP contribution in [0.1, 0.15) is 39.5 Å². The molecule has 0 aromatic carbocycles. The van der Waals surface area contributed by atoms with Crippen LogP contribution in [0.5, 0.6) is 0 Å². The van der Waals surface area contributed by atoms with E-state index in [2.05, 4.69) is 18.7 Å². The average Bonchev–Trinajstić information content (AvgIpc) is 2.97. The van der Waals surface area contributed by atoms with Crippen molar-refractivity contribution < 1.29 is 4.79 Å². The van der Waals surface area contributed by atoms with Crippen molar-refractivity contribution in [2.24, 2.45) is 11.1 Å². The van der Waals surface area contributed by atoms with Crippen LogP contribution in [-0.4, -0.2) is 54.5 Å². The van der Waals surface area contributed by atoms with Crippen molar-refractivity contribution in [1.29, 1.82) is 0 Å². The van der Waals surface area contributed by atoms with Gasteiger partial charge in [0, 0.05) is 13.1 Å². The van der Waals surface area contributed by atoms with Crippen molar-refractivity contribution in [3.8, 4) is 0 Å². The second-order valence-electron chi connectivity index (χ2n) is 6.22. The molecule has 0 aromatic heterocycles. The molecular weight excluding hydrogens is 297 g/mol. The lowest BCUT2D eigenvalue weighted by molar-refractivity contribution is -0.135. The molecule has 0 bridgehead atoms. The van der Waals surface area contributed by atoms with Gasteiger partial charge in [0.05, 0.1) is 6.04 Å². The van der Waals surface area contributed by atoms with E-state index in [9.17, 15) is 4.79 Å². The van der Waals surface area contributed by atoms with E-state index in [1.54, 1.807) is 0 Å². The molecule has 2 heterocycles. The summed E-state index contributed by atoms with van der Waals surface area (Å²) in [5, 5.41) is 0. The van der Waals surface area contributed by atoms with Crippen LogP contribution >= 0.6 is 24.8 Å². The topological polar surface area (TPSA) is 49.6 Å². The molecule has 2 N–H and O–H groups in total. The highest BCUT2D eigenvalue weighted by atomic mass is 35.5. The summed E-state index contributed by atoms with van der Waals surface area (Å²) in [6, 6.07) is 0.144. The van der Waals surface area contributed by atoms with Gasteiger partial charge in [-0.3, -0.25) is 9.69 Å². The fourth-order valence-corrected chi connectivity index (χ4v) is 3.25. The molecule has 0 spiro atoms. The first-order chi connectivity index (χ1) is 8.59. The minimum Gasteiger partial charge on any atom is -0.341 e. The van der Waals surface area contributed by atoms with Gasteiger partial charge >= 0.3 is 0 Å². The maximum Gasteiger partial charge on any atom is 0.239 e. The Labute approximate surface area is 135 Å². The Morgan fingerprint density at radius 1 is 1.35 bits per heavy atom. The Kier molecular flexibility index (Phi) is 8.41. The molecule has 0 aliphatic carbocycles. The van der Waals surface area contributed by atoms with Gasteiger partial charge in [-0.05, 0) is 50.7 Å². The second-order valence-corrected chi connectivity index (χ2v) is 6.22. The van der Waals surface area contributed by atoms with E-state index >= 15 is 0 Å². The number of hydrogen-bond donors (Lipinski definition) is 1. The van der Waals surface area contributed by atoms with Crippen molar-refractivity contribution in [2.45, 2.75) is 45.6 Å². The van der Waals surface area contributed by atoms with E-state index in [0.717, 1.165) is 45.4 Å². The lowest BCUT2D eigenvalue weighted by Gasteiger charge is -2.29. The maximum absolute atomic E-state index is 12.6. The summed E-state index contributed by atoms with van der Waals surface area (Å²) in [7, 11) is 0. The Balaban J connectivity index is 0.00000180. The Bertz CT molecular complexity index is 317. The third kappa shape index (κ3) is 4.23. The summed E-state index contributed by atoms with van der Waals surface area (Å²) in [6.45, 7) is 8.94. The van der Waals surface area contributed by atoms with E-state index < -0.39 is 0 Å². The van der Waals surface area contributed by atoms with Gasteiger partial charge in [0.25, 0.3) is 0 Å². The summed E-state index contributed by atoms with van der Waals surface area (Å²) in [5.74, 6) is 0.345. The van der Waals surface area contributed by atoms with E-state index in [0.29, 0.717) is 12.5 Å². The van der Waals surface area contributed by atoms with Crippen LogP contribution < -0.4 is 5.73 Å². The van der Waals surface area contributed by atoms with Gasteiger partial charge in [0.1, 0.15) is 0 Å². The molecule has 2 aliphatic rings. The van der Waals surface area contributed by atoms with E-state index in [-0.39, 0.29) is 36.3 Å². The highest BCUT2D eigenvalue weighted by Crippen LogP contribution is 2.30. The molecule has 2 atom stereocenters. The van der Waals surface area contributed by atoms with Crippen molar-refractivity contribution in [3.05, 3.63) is 0 Å². The normalized spacial score (nSPS) is 29.9. The summed E-state index contributed by atoms with van der Waals surface area (Å²) in [5.41, 5.74) is 5.95. The van der Waals surface area contributed by atoms with Crippen LogP contribution in [-0.2, 0) is 4.79 Å². The molecule has 2 unspecified atom stereocenters. The number of likely N-dealkylation sites (tertiary alicyclic amines) is 2. The van der Waals surface area contributed by atoms with Gasteiger partial charge in [-0.25, -0.2) is 0 Å². The first-order valence-electron chi connectivity index (χ1n) is 7.32. The third-order valence-corrected chi connectivity index (χ3v) is 4.52. The molecular formula is C14H29Cl2N3O. The minimum absolute atomic E-state index is 0. The van der Waals surface area contributed by atoms with Crippen molar-refractivity contribution in [1.82, 2.24) is 9.80 Å². The summed E-state index contributed by atoms with van der Waals surface area (Å²) in [4.78, 5) is 17.0. The third-order valence-electron chi connectivity index (χ3n) is 4.52. The van der Waals surface area contributed by atoms with Gasteiger partial charge in [-0.2, -0.15) is 0 Å². The monoisotopic (exact) mass is 325 g/mol. The Morgan fingerprint density at radius 3 is 2.60 bits per heavy atom. The van der Waals surface area contributed by atoms with E-state index in [4.69, 9.17) is 5.73 Å². The first-order valence-corrected chi connectivity index (χ1v) is 7.32. The van der Waals surface area contributed by atoms with Crippen molar-refractivity contribution >= 4 is 30.7 Å². The molecule has 6 heteroatoms. The lowest BCUT2D eigenvalue weighted by Crippen LogP contribution is -2.46. The molecule has 0 aromatic rings. The predicted molar refractivity (Wildman–Crippen MR) is 87.7 cm³/mol. The average molecular weight is 326 g/mol. The van der Waals surface area contributed by atoms with Gasteiger partial charge in [0.2, 0.25) is 5.91 Å². The number of hydrogen-bond acceptors (Lipinski definition) is 3. The van der Waals surface area contributed by atoms with Gasteiger partial charge in [-0.1, -0.05) is 13.8 Å². The van der Waals surface area contributed by atoms with Gasteiger partial charge < -0.3 is 10.6 Å². The molecule has 2 rings (SSSR count). The molecule has 2 aliphatic heterocycles. The number of carbonyl (C=O) groups is 1. The molecule has 20 heavy (non-hydrogen) atoms. The molecule has 4 nitrogen and oxygen atoms in total. The fraction of sp³-hybridized carbons (Fsp3) is 0.929. The molecule has 2 saturated heterocycles. The van der Waals surface area contributed by atoms with E-state index in [1.165, 1.54) is 6.42 Å². The highest BCUT2D eigenvalue weighted by Gasteiger charge is 2.39. The molecule has 1 amide bonds. The van der Waals surface area contributed by atoms with E-state index in [1.807, 2.05) is 4.90 Å². The lowest BCUT2D eigenvalue weighted by atomic mass is 9.90. The number of rotatable bonds is 4. The number of nitrogens with two attached hydrogens (primary N) is 1. The second kappa shape index (κ2) is 8.42. The van der Waals surface area contributed by atoms with Crippen LogP contribution in [0.4, 0.5) is 0 Å². The largest absolute Gasteiger partial charge is 0.341 e. The highest BCUT2D eigenvalue weighted by molar-refractivity contribution is 5.85. The number of nitrogens with zero attached hydrogens (tertiary/aromatic N) is 2. The van der Waals surface area contributed by atoms with Crippen LogP contribution in [0.25, 0.3) is 0 Å². The van der Waals surface area contributed by atoms with Crippen LogP contribution in [0.15, 0.2) is 0 Å². The summed E-state index contributed by atoms with van der Waals surface area (Å²) >= 11 is 0. The number of halogens is 2. The van der Waals surface area contributed by atoms with Crippen molar-refractivity contribution in [3.63, 3.8) is 0 Å². The summed E-state index contributed by atoms with van der Waals surface area (Å²) in [6.07, 6.45) is 4.38. The smallest absolute Gasteiger partial charge is 0.239 e. The first kappa shape index (κ1) is 20.0. The number of amides is 1. The summed E-state index contributed by atoms with van der Waals surface area (Å²) < 4.78 is 0. The Hall–Kier alpha value is -0.0300. The molecule has 120 valence electrons.